The lowest BCUT2D eigenvalue weighted by Gasteiger charge is -2.18. The molecule has 0 fully saturated rings. The zero-order chi connectivity index (χ0) is 15.7. The molecule has 112 valence electrons. The number of hydrogen-bond donors (Lipinski definition) is 0. The van der Waals surface area contributed by atoms with E-state index in [1.807, 2.05) is 56.6 Å². The van der Waals surface area contributed by atoms with Crippen LogP contribution in [0.25, 0.3) is 0 Å². The van der Waals surface area contributed by atoms with Crippen molar-refractivity contribution in [1.29, 1.82) is 0 Å². The molecule has 1 heterocycles. The van der Waals surface area contributed by atoms with Gasteiger partial charge < -0.3 is 4.90 Å². The van der Waals surface area contributed by atoms with Gasteiger partial charge >= 0.3 is 0 Å². The highest BCUT2D eigenvalue weighted by atomic mass is 15.2. The lowest BCUT2D eigenvalue weighted by molar-refractivity contribution is 0.725. The fourth-order valence-electron chi connectivity index (χ4n) is 2.54. The van der Waals surface area contributed by atoms with Crippen LogP contribution in [0.15, 0.2) is 63.8 Å². The Morgan fingerprint density at radius 2 is 1.59 bits per heavy atom. The molecule has 0 bridgehead atoms. The molecule has 0 aliphatic carbocycles. The average Bonchev–Trinajstić information content (AvgIpc) is 2.77. The van der Waals surface area contributed by atoms with E-state index in [9.17, 15) is 0 Å². The molecule has 2 aromatic rings. The van der Waals surface area contributed by atoms with Gasteiger partial charge in [-0.2, -0.15) is 0 Å². The lowest BCUT2D eigenvalue weighted by Crippen LogP contribution is -2.23. The van der Waals surface area contributed by atoms with Crippen LogP contribution in [0.2, 0.25) is 0 Å². The number of benzene rings is 2. The monoisotopic (exact) mass is 292 g/mol. The summed E-state index contributed by atoms with van der Waals surface area (Å²) >= 11 is 0. The Morgan fingerprint density at radius 3 is 2.23 bits per heavy atom. The van der Waals surface area contributed by atoms with E-state index in [4.69, 9.17) is 0 Å². The summed E-state index contributed by atoms with van der Waals surface area (Å²) in [5.74, 6) is 0.755. The van der Waals surface area contributed by atoms with Crippen molar-refractivity contribution >= 4 is 22.9 Å². The van der Waals surface area contributed by atoms with Gasteiger partial charge in [0.2, 0.25) is 0 Å². The smallest absolute Gasteiger partial charge is 0.161 e. The van der Waals surface area contributed by atoms with E-state index in [-0.39, 0.29) is 5.41 Å². The molecule has 0 N–H and O–H groups in total. The molecular formula is C18H20N4. The molecule has 0 aromatic heterocycles. The van der Waals surface area contributed by atoms with Crippen molar-refractivity contribution in [2.24, 2.45) is 15.2 Å². The second-order valence-electron chi connectivity index (χ2n) is 6.19. The molecular weight excluding hydrogens is 272 g/mol. The number of amidine groups is 1. The second kappa shape index (κ2) is 5.37. The van der Waals surface area contributed by atoms with Gasteiger partial charge in [-0.25, -0.2) is 4.99 Å². The van der Waals surface area contributed by atoms with Crippen molar-refractivity contribution in [3.8, 4) is 0 Å². The number of nitrogens with zero attached hydrogens (tertiary/aromatic N) is 4. The van der Waals surface area contributed by atoms with Crippen LogP contribution in [-0.4, -0.2) is 19.9 Å². The summed E-state index contributed by atoms with van der Waals surface area (Å²) in [5, 5.41) is 8.74. The number of azo groups is 1. The summed E-state index contributed by atoms with van der Waals surface area (Å²) in [6.45, 7) is 4.26. The molecule has 2 aromatic carbocycles. The third-order valence-corrected chi connectivity index (χ3v) is 3.99. The molecule has 0 unspecified atom stereocenters. The number of para-hydroxylation sites is 1. The van der Waals surface area contributed by atoms with Gasteiger partial charge in [0.25, 0.3) is 0 Å². The molecule has 0 spiro atoms. The fraction of sp³-hybridized carbons (Fsp3) is 0.278. The quantitative estimate of drug-likeness (QED) is 0.729. The summed E-state index contributed by atoms with van der Waals surface area (Å²) in [5.41, 5.74) is 3.96. The van der Waals surface area contributed by atoms with E-state index < -0.39 is 0 Å². The van der Waals surface area contributed by atoms with E-state index in [0.29, 0.717) is 0 Å². The number of hydrogen-bond acceptors (Lipinski definition) is 4. The van der Waals surface area contributed by atoms with Crippen LogP contribution in [-0.2, 0) is 5.41 Å². The Labute approximate surface area is 131 Å². The molecule has 0 radical (unpaired) electrons. The SMILES string of the molecule is CN(C)c1ccc(N=NC2=Nc3ccccc3C2(C)C)cc1. The Bertz CT molecular complexity index is 740. The second-order valence-corrected chi connectivity index (χ2v) is 6.19. The molecule has 0 amide bonds. The van der Waals surface area contributed by atoms with E-state index in [0.717, 1.165) is 22.9 Å². The third kappa shape index (κ3) is 2.52. The first kappa shape index (κ1) is 14.4. The third-order valence-electron chi connectivity index (χ3n) is 3.99. The highest BCUT2D eigenvalue weighted by molar-refractivity contribution is 5.99. The maximum Gasteiger partial charge on any atom is 0.161 e. The number of anilines is 1. The minimum absolute atomic E-state index is 0.205. The molecule has 0 atom stereocenters. The predicted molar refractivity (Wildman–Crippen MR) is 91.8 cm³/mol. The van der Waals surface area contributed by atoms with Gasteiger partial charge in [-0.15, -0.1) is 10.2 Å². The summed E-state index contributed by atoms with van der Waals surface area (Å²) < 4.78 is 0. The topological polar surface area (TPSA) is 40.3 Å². The van der Waals surface area contributed by atoms with Crippen LogP contribution in [0.1, 0.15) is 19.4 Å². The average molecular weight is 292 g/mol. The van der Waals surface area contributed by atoms with Crippen LogP contribution in [0.4, 0.5) is 17.1 Å². The van der Waals surface area contributed by atoms with Crippen molar-refractivity contribution in [2.45, 2.75) is 19.3 Å². The predicted octanol–water partition coefficient (Wildman–Crippen LogP) is 4.86. The highest BCUT2D eigenvalue weighted by Gasteiger charge is 2.35. The maximum absolute atomic E-state index is 4.61. The molecule has 1 aliphatic heterocycles. The number of fused-ring (bicyclic) bond motifs is 1. The van der Waals surface area contributed by atoms with E-state index in [2.05, 4.69) is 40.0 Å². The summed E-state index contributed by atoms with van der Waals surface area (Å²) in [6, 6.07) is 16.2. The number of aliphatic imine (C=N–C) groups is 1. The standard InChI is InChI=1S/C18H20N4/c1-18(2)15-7-5-6-8-16(15)19-17(18)21-20-13-9-11-14(12-10-13)22(3)4/h5-12H,1-4H3. The zero-order valence-corrected chi connectivity index (χ0v) is 13.4. The molecule has 0 saturated carbocycles. The van der Waals surface area contributed by atoms with Crippen LogP contribution >= 0.6 is 0 Å². The minimum Gasteiger partial charge on any atom is -0.378 e. The van der Waals surface area contributed by atoms with Gasteiger partial charge in [-0.05, 0) is 49.7 Å². The largest absolute Gasteiger partial charge is 0.378 e. The van der Waals surface area contributed by atoms with Gasteiger partial charge in [0.05, 0.1) is 16.8 Å². The molecule has 22 heavy (non-hydrogen) atoms. The molecule has 3 rings (SSSR count). The van der Waals surface area contributed by atoms with Crippen molar-refractivity contribution in [3.05, 3.63) is 54.1 Å². The van der Waals surface area contributed by atoms with Gasteiger partial charge in [0.1, 0.15) is 0 Å². The maximum atomic E-state index is 4.61. The van der Waals surface area contributed by atoms with Gasteiger partial charge in [0, 0.05) is 19.8 Å². The number of rotatable bonds is 2. The first-order chi connectivity index (χ1) is 10.5. The van der Waals surface area contributed by atoms with Crippen LogP contribution < -0.4 is 4.90 Å². The summed E-state index contributed by atoms with van der Waals surface area (Å²) in [6.07, 6.45) is 0. The van der Waals surface area contributed by atoms with E-state index in [1.54, 1.807) is 0 Å². The fourth-order valence-corrected chi connectivity index (χ4v) is 2.54. The van der Waals surface area contributed by atoms with Crippen LogP contribution in [0, 0.1) is 0 Å². The Balaban J connectivity index is 1.85. The first-order valence-corrected chi connectivity index (χ1v) is 7.36. The van der Waals surface area contributed by atoms with Gasteiger partial charge in [-0.3, -0.25) is 0 Å². The van der Waals surface area contributed by atoms with Crippen molar-refractivity contribution in [3.63, 3.8) is 0 Å². The van der Waals surface area contributed by atoms with Gasteiger partial charge in [0.15, 0.2) is 5.84 Å². The first-order valence-electron chi connectivity index (χ1n) is 7.36. The molecule has 1 aliphatic rings. The van der Waals surface area contributed by atoms with Crippen LogP contribution in [0.3, 0.4) is 0 Å². The van der Waals surface area contributed by atoms with E-state index in [1.165, 1.54) is 5.56 Å². The summed E-state index contributed by atoms with van der Waals surface area (Å²) in [7, 11) is 4.03. The molecule has 4 heteroatoms. The highest BCUT2D eigenvalue weighted by Crippen LogP contribution is 2.40. The zero-order valence-electron chi connectivity index (χ0n) is 13.4. The Kier molecular flexibility index (Phi) is 3.53. The normalized spacial score (nSPS) is 15.7. The minimum atomic E-state index is -0.205. The van der Waals surface area contributed by atoms with Gasteiger partial charge in [-0.1, -0.05) is 18.2 Å². The van der Waals surface area contributed by atoms with E-state index >= 15 is 0 Å². The molecule has 4 nitrogen and oxygen atoms in total. The van der Waals surface area contributed by atoms with Crippen molar-refractivity contribution in [1.82, 2.24) is 0 Å². The van der Waals surface area contributed by atoms with Crippen molar-refractivity contribution in [2.75, 3.05) is 19.0 Å². The molecule has 0 saturated heterocycles. The Hall–Kier alpha value is -2.49. The van der Waals surface area contributed by atoms with Crippen LogP contribution in [0.5, 0.6) is 0 Å². The lowest BCUT2D eigenvalue weighted by atomic mass is 9.85. The Morgan fingerprint density at radius 1 is 0.909 bits per heavy atom. The van der Waals surface area contributed by atoms with Crippen molar-refractivity contribution < 1.29 is 0 Å². The summed E-state index contributed by atoms with van der Waals surface area (Å²) in [4.78, 5) is 6.67.